The molecule has 1 heterocycles. The van der Waals surface area contributed by atoms with Crippen LogP contribution in [0.25, 0.3) is 0 Å². The summed E-state index contributed by atoms with van der Waals surface area (Å²) in [5.41, 5.74) is 2.35. The van der Waals surface area contributed by atoms with Gasteiger partial charge in [-0.15, -0.1) is 0 Å². The summed E-state index contributed by atoms with van der Waals surface area (Å²) in [6.07, 6.45) is 2.04. The number of benzene rings is 1. The van der Waals surface area contributed by atoms with Crippen molar-refractivity contribution >= 4 is 5.96 Å². The van der Waals surface area contributed by atoms with Crippen molar-refractivity contribution < 1.29 is 9.47 Å². The molecule has 2 aromatic rings. The molecule has 1 aromatic carbocycles. The highest BCUT2D eigenvalue weighted by Gasteiger charge is 2.15. The standard InChI is InChI=1S/C22H35N5O2/c1-8-23-22(26(5)14-18-15-27(6)25-21(18)16(2)3)24-13-17(4)29-20-11-9-19(28-7)10-12-20/h9-12,15-17H,8,13-14H2,1-7H3,(H,23,24). The third kappa shape index (κ3) is 6.69. The summed E-state index contributed by atoms with van der Waals surface area (Å²) in [5.74, 6) is 2.87. The molecule has 0 aliphatic carbocycles. The van der Waals surface area contributed by atoms with E-state index >= 15 is 0 Å². The van der Waals surface area contributed by atoms with E-state index in [-0.39, 0.29) is 6.10 Å². The maximum Gasteiger partial charge on any atom is 0.194 e. The van der Waals surface area contributed by atoms with E-state index in [0.717, 1.165) is 36.2 Å². The Hall–Kier alpha value is -2.70. The first-order valence-electron chi connectivity index (χ1n) is 10.2. The molecule has 0 fully saturated rings. The van der Waals surface area contributed by atoms with Crippen molar-refractivity contribution in [1.29, 1.82) is 0 Å². The Labute approximate surface area is 174 Å². The van der Waals surface area contributed by atoms with Gasteiger partial charge in [-0.25, -0.2) is 4.99 Å². The Morgan fingerprint density at radius 2 is 1.86 bits per heavy atom. The molecular formula is C22H35N5O2. The molecule has 7 nitrogen and oxygen atoms in total. The Kier molecular flexibility index (Phi) is 8.36. The highest BCUT2D eigenvalue weighted by molar-refractivity contribution is 5.79. The molecule has 0 spiro atoms. The normalized spacial score (nSPS) is 12.8. The fourth-order valence-electron chi connectivity index (χ4n) is 3.10. The number of nitrogens with zero attached hydrogens (tertiary/aromatic N) is 4. The molecule has 0 amide bonds. The molecule has 1 unspecified atom stereocenters. The number of aryl methyl sites for hydroxylation is 1. The van der Waals surface area contributed by atoms with E-state index < -0.39 is 0 Å². The van der Waals surface area contributed by atoms with Gasteiger partial charge in [0.1, 0.15) is 17.6 Å². The van der Waals surface area contributed by atoms with Crippen LogP contribution in [-0.2, 0) is 13.6 Å². The average Bonchev–Trinajstić information content (AvgIpc) is 3.06. The van der Waals surface area contributed by atoms with Crippen LogP contribution in [0, 0.1) is 0 Å². The van der Waals surface area contributed by atoms with Crippen molar-refractivity contribution in [3.05, 3.63) is 41.7 Å². The second-order valence-corrected chi connectivity index (χ2v) is 7.52. The van der Waals surface area contributed by atoms with Gasteiger partial charge in [0, 0.05) is 38.9 Å². The predicted molar refractivity (Wildman–Crippen MR) is 118 cm³/mol. The summed E-state index contributed by atoms with van der Waals surface area (Å²) in [6.45, 7) is 10.6. The van der Waals surface area contributed by atoms with Crippen LogP contribution >= 0.6 is 0 Å². The minimum absolute atomic E-state index is 0.0462. The molecule has 1 N–H and O–H groups in total. The fourth-order valence-corrected chi connectivity index (χ4v) is 3.10. The van der Waals surface area contributed by atoms with Gasteiger partial charge in [0.2, 0.25) is 0 Å². The zero-order chi connectivity index (χ0) is 21.4. The summed E-state index contributed by atoms with van der Waals surface area (Å²) < 4.78 is 13.0. The van der Waals surface area contributed by atoms with Gasteiger partial charge in [-0.1, -0.05) is 13.8 Å². The summed E-state index contributed by atoms with van der Waals surface area (Å²) >= 11 is 0. The highest BCUT2D eigenvalue weighted by Crippen LogP contribution is 2.19. The highest BCUT2D eigenvalue weighted by atomic mass is 16.5. The van der Waals surface area contributed by atoms with Crippen molar-refractivity contribution in [3.8, 4) is 11.5 Å². The number of nitrogens with one attached hydrogen (secondary N) is 1. The quantitative estimate of drug-likeness (QED) is 0.515. The number of guanidine groups is 1. The van der Waals surface area contributed by atoms with Crippen LogP contribution in [0.2, 0.25) is 0 Å². The van der Waals surface area contributed by atoms with Crippen molar-refractivity contribution in [1.82, 2.24) is 20.0 Å². The number of methoxy groups -OCH3 is 1. The first kappa shape index (κ1) is 22.6. The van der Waals surface area contributed by atoms with Gasteiger partial charge < -0.3 is 19.7 Å². The number of ether oxygens (including phenoxy) is 2. The van der Waals surface area contributed by atoms with E-state index in [2.05, 4.69) is 42.3 Å². The minimum Gasteiger partial charge on any atom is -0.497 e. The Morgan fingerprint density at radius 1 is 1.21 bits per heavy atom. The molecule has 0 aliphatic heterocycles. The van der Waals surface area contributed by atoms with Gasteiger partial charge in [0.15, 0.2) is 5.96 Å². The lowest BCUT2D eigenvalue weighted by molar-refractivity contribution is 0.229. The zero-order valence-corrected chi connectivity index (χ0v) is 18.8. The summed E-state index contributed by atoms with van der Waals surface area (Å²) in [6, 6.07) is 7.60. The topological polar surface area (TPSA) is 63.9 Å². The smallest absolute Gasteiger partial charge is 0.194 e. The number of hydrogen-bond donors (Lipinski definition) is 1. The first-order valence-corrected chi connectivity index (χ1v) is 10.2. The van der Waals surface area contributed by atoms with Crippen molar-refractivity contribution in [3.63, 3.8) is 0 Å². The molecule has 0 aliphatic rings. The lowest BCUT2D eigenvalue weighted by Gasteiger charge is -2.23. The molecule has 29 heavy (non-hydrogen) atoms. The average molecular weight is 402 g/mol. The molecule has 160 valence electrons. The largest absolute Gasteiger partial charge is 0.497 e. The molecular weight excluding hydrogens is 366 g/mol. The van der Waals surface area contributed by atoms with E-state index in [1.165, 1.54) is 5.56 Å². The fraction of sp³-hybridized carbons (Fsp3) is 0.545. The Balaban J connectivity index is 2.02. The van der Waals surface area contributed by atoms with Crippen LogP contribution in [0.15, 0.2) is 35.5 Å². The molecule has 0 saturated heterocycles. The Bertz CT molecular complexity index is 783. The summed E-state index contributed by atoms with van der Waals surface area (Å²) in [5, 5.41) is 7.97. The van der Waals surface area contributed by atoms with E-state index in [9.17, 15) is 0 Å². The molecule has 0 saturated carbocycles. The number of aliphatic imine (C=N–C) groups is 1. The van der Waals surface area contributed by atoms with Crippen molar-refractivity contribution in [2.45, 2.75) is 46.3 Å². The third-order valence-electron chi connectivity index (χ3n) is 4.48. The van der Waals surface area contributed by atoms with Crippen molar-refractivity contribution in [2.24, 2.45) is 12.0 Å². The van der Waals surface area contributed by atoms with E-state index in [1.54, 1.807) is 7.11 Å². The SMILES string of the molecule is CCNC(=NCC(C)Oc1ccc(OC)cc1)N(C)Cc1cn(C)nc1C(C)C. The molecule has 2 rings (SSSR count). The van der Waals surface area contributed by atoms with Gasteiger partial charge in [-0.3, -0.25) is 4.68 Å². The Morgan fingerprint density at radius 3 is 2.45 bits per heavy atom. The van der Waals surface area contributed by atoms with Crippen molar-refractivity contribution in [2.75, 3.05) is 27.2 Å². The molecule has 1 aromatic heterocycles. The monoisotopic (exact) mass is 401 g/mol. The molecule has 0 bridgehead atoms. The molecule has 0 radical (unpaired) electrons. The van der Waals surface area contributed by atoms with Crippen LogP contribution < -0.4 is 14.8 Å². The number of rotatable bonds is 9. The van der Waals surface area contributed by atoms with Gasteiger partial charge in [0.25, 0.3) is 0 Å². The van der Waals surface area contributed by atoms with Gasteiger partial charge in [0.05, 0.1) is 19.3 Å². The minimum atomic E-state index is -0.0462. The maximum atomic E-state index is 5.97. The van der Waals surface area contributed by atoms with E-state index in [0.29, 0.717) is 12.5 Å². The number of hydrogen-bond acceptors (Lipinski definition) is 4. The van der Waals surface area contributed by atoms with Gasteiger partial charge in [-0.05, 0) is 44.0 Å². The zero-order valence-electron chi connectivity index (χ0n) is 18.8. The molecule has 1 atom stereocenters. The first-order chi connectivity index (χ1) is 13.8. The molecule has 7 heteroatoms. The van der Waals surface area contributed by atoms with Gasteiger partial charge >= 0.3 is 0 Å². The maximum absolute atomic E-state index is 5.97. The van der Waals surface area contributed by atoms with E-state index in [4.69, 9.17) is 14.5 Å². The number of aromatic nitrogens is 2. The van der Waals surface area contributed by atoms with Crippen LogP contribution in [0.4, 0.5) is 0 Å². The lowest BCUT2D eigenvalue weighted by atomic mass is 10.1. The second kappa shape index (κ2) is 10.7. The van der Waals surface area contributed by atoms with Crippen LogP contribution in [-0.4, -0.2) is 54.0 Å². The summed E-state index contributed by atoms with van der Waals surface area (Å²) in [4.78, 5) is 6.91. The third-order valence-corrected chi connectivity index (χ3v) is 4.48. The lowest BCUT2D eigenvalue weighted by Crippen LogP contribution is -2.39. The van der Waals surface area contributed by atoms with Gasteiger partial charge in [-0.2, -0.15) is 5.10 Å². The van der Waals surface area contributed by atoms with Crippen LogP contribution in [0.5, 0.6) is 11.5 Å². The van der Waals surface area contributed by atoms with E-state index in [1.807, 2.05) is 50.0 Å². The predicted octanol–water partition coefficient (Wildman–Crippen LogP) is 3.42. The summed E-state index contributed by atoms with van der Waals surface area (Å²) in [7, 11) is 5.67. The second-order valence-electron chi connectivity index (χ2n) is 7.52. The van der Waals surface area contributed by atoms with Crippen LogP contribution in [0.3, 0.4) is 0 Å². The van der Waals surface area contributed by atoms with Crippen LogP contribution in [0.1, 0.15) is 44.9 Å².